The van der Waals surface area contributed by atoms with Gasteiger partial charge < -0.3 is 5.11 Å². The van der Waals surface area contributed by atoms with Gasteiger partial charge in [-0.2, -0.15) is 43.0 Å². The summed E-state index contributed by atoms with van der Waals surface area (Å²) in [4.78, 5) is 0. The van der Waals surface area contributed by atoms with Crippen LogP contribution in [-0.4, -0.2) is 10.9 Å². The average molecular weight is 242 g/mol. The van der Waals surface area contributed by atoms with Gasteiger partial charge in [-0.05, 0) is 0 Å². The zero-order valence-electron chi connectivity index (χ0n) is 6.07. The molecule has 0 bridgehead atoms. The monoisotopic (exact) mass is 242 g/mol. The van der Waals surface area contributed by atoms with Crippen molar-refractivity contribution >= 4 is 12.6 Å². The van der Waals surface area contributed by atoms with E-state index in [2.05, 4.69) is 18.7 Å². The van der Waals surface area contributed by atoms with Crippen LogP contribution < -0.4 is 0 Å². The van der Waals surface area contributed by atoms with Gasteiger partial charge in [0.25, 0.3) is 0 Å². The van der Waals surface area contributed by atoms with Crippen molar-refractivity contribution in [1.82, 2.24) is 0 Å². The third-order valence-electron chi connectivity index (χ3n) is 1.30. The molecule has 0 heterocycles. The van der Waals surface area contributed by atoms with Crippen molar-refractivity contribution in [2.45, 2.75) is 6.10 Å². The Morgan fingerprint density at radius 3 is 2.45 bits per heavy atom. The maximum Gasteiger partial charge on any atom is 0.0658 e. The minimum absolute atomic E-state index is 0. The predicted octanol–water partition coefficient (Wildman–Crippen LogP) is 1.45. The molecule has 3 heteroatoms. The number of aliphatic hydroxyl groups excluding tert-OH is 1. The predicted molar refractivity (Wildman–Crippen MR) is 44.1 cm³/mol. The maximum absolute atomic E-state index is 9.24. The van der Waals surface area contributed by atoms with Gasteiger partial charge in [0.2, 0.25) is 0 Å². The summed E-state index contributed by atoms with van der Waals surface area (Å²) in [6, 6.07) is 10.1. The molecular formula is C8H9OSY-. The molecule has 0 amide bonds. The Labute approximate surface area is 97.5 Å². The first-order valence-corrected chi connectivity index (χ1v) is 3.73. The first-order chi connectivity index (χ1) is 4.84. The van der Waals surface area contributed by atoms with Gasteiger partial charge in [0.15, 0.2) is 0 Å². The molecule has 0 aliphatic heterocycles. The maximum atomic E-state index is 9.24. The quantitative estimate of drug-likeness (QED) is 0.594. The van der Waals surface area contributed by atoms with E-state index in [0.717, 1.165) is 5.56 Å². The SMILES string of the molecule is OC(CS)c1cc[c-]cc1.[Y]. The zero-order valence-corrected chi connectivity index (χ0v) is 9.80. The van der Waals surface area contributed by atoms with E-state index in [1.165, 1.54) is 0 Å². The zero-order chi connectivity index (χ0) is 7.40. The van der Waals surface area contributed by atoms with Crippen LogP contribution in [-0.2, 0) is 32.7 Å². The van der Waals surface area contributed by atoms with E-state index >= 15 is 0 Å². The molecule has 1 atom stereocenters. The van der Waals surface area contributed by atoms with Crippen LogP contribution in [0.15, 0.2) is 24.3 Å². The van der Waals surface area contributed by atoms with Crippen molar-refractivity contribution in [2.24, 2.45) is 0 Å². The molecule has 1 radical (unpaired) electrons. The minimum Gasteiger partial charge on any atom is -0.390 e. The van der Waals surface area contributed by atoms with Gasteiger partial charge in [-0.1, -0.05) is 0 Å². The molecule has 0 saturated carbocycles. The standard InChI is InChI=1S/C8H9OS.Y/c9-8(6-10)7-4-2-1-3-5-7;/h2-5,8-10H,6H2;/q-1;. The smallest absolute Gasteiger partial charge is 0.0658 e. The second-order valence-corrected chi connectivity index (χ2v) is 2.40. The average Bonchev–Trinajstić information content (AvgIpc) is 2.05. The number of aliphatic hydroxyl groups is 1. The Balaban J connectivity index is 0.000001000. The van der Waals surface area contributed by atoms with Gasteiger partial charge in [0, 0.05) is 38.5 Å². The topological polar surface area (TPSA) is 20.2 Å². The fraction of sp³-hybridized carbons (Fsp3) is 0.250. The van der Waals surface area contributed by atoms with Crippen LogP contribution in [0, 0.1) is 6.07 Å². The van der Waals surface area contributed by atoms with Crippen LogP contribution in [0.1, 0.15) is 11.7 Å². The summed E-state index contributed by atoms with van der Waals surface area (Å²) in [6.07, 6.45) is -0.446. The van der Waals surface area contributed by atoms with E-state index in [9.17, 15) is 5.11 Å². The fourth-order valence-corrected chi connectivity index (χ4v) is 0.938. The van der Waals surface area contributed by atoms with Crippen molar-refractivity contribution in [1.29, 1.82) is 0 Å². The number of rotatable bonds is 2. The molecule has 1 aromatic rings. The second kappa shape index (κ2) is 6.18. The molecule has 1 aromatic carbocycles. The molecular weight excluding hydrogens is 233 g/mol. The summed E-state index contributed by atoms with van der Waals surface area (Å²) in [5.74, 6) is 0.462. The molecule has 1 rings (SSSR count). The molecule has 1 nitrogen and oxygen atoms in total. The Morgan fingerprint density at radius 1 is 1.45 bits per heavy atom. The van der Waals surface area contributed by atoms with Crippen molar-refractivity contribution < 1.29 is 37.8 Å². The van der Waals surface area contributed by atoms with Crippen LogP contribution >= 0.6 is 12.6 Å². The van der Waals surface area contributed by atoms with E-state index in [1.807, 2.05) is 12.1 Å². The van der Waals surface area contributed by atoms with Gasteiger partial charge >= 0.3 is 0 Å². The summed E-state index contributed by atoms with van der Waals surface area (Å²) < 4.78 is 0. The Morgan fingerprint density at radius 2 is 2.00 bits per heavy atom. The molecule has 1 N–H and O–H groups in total. The summed E-state index contributed by atoms with van der Waals surface area (Å²) in [5, 5.41) is 9.24. The second-order valence-electron chi connectivity index (χ2n) is 2.03. The van der Waals surface area contributed by atoms with Crippen molar-refractivity contribution in [3.05, 3.63) is 35.9 Å². The summed E-state index contributed by atoms with van der Waals surface area (Å²) in [7, 11) is 0. The molecule has 0 aliphatic carbocycles. The van der Waals surface area contributed by atoms with Crippen LogP contribution in [0.2, 0.25) is 0 Å². The van der Waals surface area contributed by atoms with Gasteiger partial charge in [0.1, 0.15) is 0 Å². The molecule has 1 unspecified atom stereocenters. The van der Waals surface area contributed by atoms with Crippen molar-refractivity contribution in [3.63, 3.8) is 0 Å². The van der Waals surface area contributed by atoms with E-state index in [-0.39, 0.29) is 32.7 Å². The third-order valence-corrected chi connectivity index (χ3v) is 1.65. The summed E-state index contributed by atoms with van der Waals surface area (Å²) in [5.41, 5.74) is 0.897. The normalized spacial score (nSPS) is 11.8. The molecule has 0 saturated heterocycles. The van der Waals surface area contributed by atoms with Crippen LogP contribution in [0.5, 0.6) is 0 Å². The number of hydrogen-bond donors (Lipinski definition) is 2. The van der Waals surface area contributed by atoms with Crippen LogP contribution in [0.4, 0.5) is 0 Å². The first-order valence-electron chi connectivity index (χ1n) is 3.09. The first kappa shape index (κ1) is 11.6. The molecule has 0 spiro atoms. The Hall–Kier alpha value is 0.634. The van der Waals surface area contributed by atoms with Crippen LogP contribution in [0.3, 0.4) is 0 Å². The minimum atomic E-state index is -0.446. The van der Waals surface area contributed by atoms with Gasteiger partial charge in [-0.25, -0.2) is 0 Å². The van der Waals surface area contributed by atoms with E-state index in [1.54, 1.807) is 12.1 Å². The van der Waals surface area contributed by atoms with E-state index < -0.39 is 6.10 Å². The molecule has 0 aromatic heterocycles. The largest absolute Gasteiger partial charge is 0.390 e. The fourth-order valence-electron chi connectivity index (χ4n) is 0.727. The van der Waals surface area contributed by atoms with E-state index in [4.69, 9.17) is 0 Å². The molecule has 57 valence electrons. The van der Waals surface area contributed by atoms with Crippen molar-refractivity contribution in [3.8, 4) is 0 Å². The molecule has 0 fully saturated rings. The summed E-state index contributed by atoms with van der Waals surface area (Å²) in [6.45, 7) is 0. The Bertz CT molecular complexity index is 191. The summed E-state index contributed by atoms with van der Waals surface area (Å²) >= 11 is 3.97. The van der Waals surface area contributed by atoms with Crippen LogP contribution in [0.25, 0.3) is 0 Å². The van der Waals surface area contributed by atoms with Crippen molar-refractivity contribution in [2.75, 3.05) is 5.75 Å². The van der Waals surface area contributed by atoms with Gasteiger partial charge in [-0.3, -0.25) is 0 Å². The number of benzene rings is 1. The number of hydrogen-bond acceptors (Lipinski definition) is 2. The number of thiol groups is 1. The Kier molecular flexibility index (Phi) is 6.54. The molecule has 11 heavy (non-hydrogen) atoms. The van der Waals surface area contributed by atoms with Gasteiger partial charge in [-0.15, -0.1) is 5.56 Å². The third kappa shape index (κ3) is 3.70. The van der Waals surface area contributed by atoms with E-state index in [0.29, 0.717) is 5.75 Å². The van der Waals surface area contributed by atoms with Gasteiger partial charge in [0.05, 0.1) is 6.10 Å². The molecule has 0 aliphatic rings.